The lowest BCUT2D eigenvalue weighted by Gasteiger charge is -2.45. The standard InChI is InChI=1S/C16H23N/c1-3-16(2)7-10-6-13(16)15-9-4-11(8-17)12(5-9)14(10)15/h9-15H,3-7H2,1-2H3. The van der Waals surface area contributed by atoms with E-state index in [2.05, 4.69) is 19.9 Å². The van der Waals surface area contributed by atoms with Crippen LogP contribution in [0.2, 0.25) is 0 Å². The van der Waals surface area contributed by atoms with E-state index in [4.69, 9.17) is 0 Å². The van der Waals surface area contributed by atoms with E-state index in [1.807, 2.05) is 0 Å². The van der Waals surface area contributed by atoms with Gasteiger partial charge in [0.1, 0.15) is 0 Å². The highest BCUT2D eigenvalue weighted by molar-refractivity contribution is 5.17. The Hall–Kier alpha value is -0.510. The molecule has 92 valence electrons. The molecule has 0 amide bonds. The second-order valence-corrected chi connectivity index (χ2v) is 7.60. The summed E-state index contributed by atoms with van der Waals surface area (Å²) in [4.78, 5) is 0. The molecule has 0 aliphatic heterocycles. The summed E-state index contributed by atoms with van der Waals surface area (Å²) in [6.45, 7) is 4.93. The van der Waals surface area contributed by atoms with E-state index in [0.29, 0.717) is 11.3 Å². The van der Waals surface area contributed by atoms with Crippen molar-refractivity contribution in [3.05, 3.63) is 0 Å². The summed E-state index contributed by atoms with van der Waals surface area (Å²) in [5, 5.41) is 9.28. The third-order valence-electron chi connectivity index (χ3n) is 7.29. The zero-order valence-electron chi connectivity index (χ0n) is 11.0. The van der Waals surface area contributed by atoms with Gasteiger partial charge in [-0.1, -0.05) is 20.3 Å². The molecule has 4 aliphatic rings. The fraction of sp³-hybridized carbons (Fsp3) is 0.938. The van der Waals surface area contributed by atoms with Gasteiger partial charge in [-0.2, -0.15) is 5.26 Å². The molecule has 4 fully saturated rings. The molecule has 4 bridgehead atoms. The smallest absolute Gasteiger partial charge is 0.0658 e. The first-order chi connectivity index (χ1) is 8.18. The molecule has 0 N–H and O–H groups in total. The largest absolute Gasteiger partial charge is 0.198 e. The van der Waals surface area contributed by atoms with Crippen molar-refractivity contribution < 1.29 is 0 Å². The molecule has 4 rings (SSSR count). The molecule has 4 saturated carbocycles. The normalized spacial score (nSPS) is 62.8. The molecule has 0 aromatic rings. The quantitative estimate of drug-likeness (QED) is 0.626. The van der Waals surface area contributed by atoms with E-state index >= 15 is 0 Å². The van der Waals surface area contributed by atoms with Gasteiger partial charge in [-0.15, -0.1) is 0 Å². The predicted molar refractivity (Wildman–Crippen MR) is 66.9 cm³/mol. The molecule has 8 atom stereocenters. The Morgan fingerprint density at radius 2 is 2.00 bits per heavy atom. The van der Waals surface area contributed by atoms with Gasteiger partial charge in [0.2, 0.25) is 0 Å². The minimum Gasteiger partial charge on any atom is -0.198 e. The van der Waals surface area contributed by atoms with Crippen LogP contribution in [-0.4, -0.2) is 0 Å². The Labute approximate surface area is 105 Å². The molecule has 17 heavy (non-hydrogen) atoms. The van der Waals surface area contributed by atoms with Crippen molar-refractivity contribution in [3.63, 3.8) is 0 Å². The van der Waals surface area contributed by atoms with Gasteiger partial charge in [0.05, 0.1) is 6.07 Å². The number of nitrogens with zero attached hydrogens (tertiary/aromatic N) is 1. The molecule has 8 unspecified atom stereocenters. The van der Waals surface area contributed by atoms with Crippen molar-refractivity contribution in [1.29, 1.82) is 5.26 Å². The van der Waals surface area contributed by atoms with Crippen LogP contribution in [0.15, 0.2) is 0 Å². The summed E-state index contributed by atoms with van der Waals surface area (Å²) in [6, 6.07) is 2.60. The maximum Gasteiger partial charge on any atom is 0.0658 e. The molecule has 0 radical (unpaired) electrons. The van der Waals surface area contributed by atoms with Crippen LogP contribution in [0.5, 0.6) is 0 Å². The summed E-state index contributed by atoms with van der Waals surface area (Å²) in [5.41, 5.74) is 0.651. The lowest BCUT2D eigenvalue weighted by molar-refractivity contribution is 0.0339. The van der Waals surface area contributed by atoms with Crippen molar-refractivity contribution in [1.82, 2.24) is 0 Å². The van der Waals surface area contributed by atoms with Gasteiger partial charge >= 0.3 is 0 Å². The Balaban J connectivity index is 1.68. The Bertz CT molecular complexity index is 395. The average molecular weight is 229 g/mol. The fourth-order valence-corrected chi connectivity index (χ4v) is 6.63. The van der Waals surface area contributed by atoms with Crippen LogP contribution in [0.4, 0.5) is 0 Å². The maximum absolute atomic E-state index is 9.28. The van der Waals surface area contributed by atoms with E-state index in [0.717, 1.165) is 35.5 Å². The van der Waals surface area contributed by atoms with Crippen LogP contribution in [0, 0.1) is 58.2 Å². The zero-order chi connectivity index (χ0) is 11.8. The summed E-state index contributed by atoms with van der Waals surface area (Å²) in [6.07, 6.45) is 6.99. The lowest BCUT2D eigenvalue weighted by Crippen LogP contribution is -2.39. The Morgan fingerprint density at radius 1 is 1.18 bits per heavy atom. The van der Waals surface area contributed by atoms with Crippen LogP contribution in [0.25, 0.3) is 0 Å². The van der Waals surface area contributed by atoms with Gasteiger partial charge in [0.25, 0.3) is 0 Å². The van der Waals surface area contributed by atoms with E-state index in [1.54, 1.807) is 0 Å². The second-order valence-electron chi connectivity index (χ2n) is 7.60. The molecular formula is C16H23N. The first kappa shape index (κ1) is 10.4. The third-order valence-corrected chi connectivity index (χ3v) is 7.29. The zero-order valence-corrected chi connectivity index (χ0v) is 11.0. The topological polar surface area (TPSA) is 23.8 Å². The Kier molecular flexibility index (Phi) is 1.89. The molecule has 1 nitrogen and oxygen atoms in total. The Morgan fingerprint density at radius 3 is 2.71 bits per heavy atom. The monoisotopic (exact) mass is 229 g/mol. The SMILES string of the molecule is CCC1(C)CC2CC1C1C3CC(C#N)C(C3)C21. The molecule has 0 aromatic heterocycles. The highest BCUT2D eigenvalue weighted by atomic mass is 14.7. The number of fused-ring (bicyclic) bond motifs is 9. The van der Waals surface area contributed by atoms with Crippen molar-refractivity contribution in [2.24, 2.45) is 46.8 Å². The highest BCUT2D eigenvalue weighted by Crippen LogP contribution is 2.73. The van der Waals surface area contributed by atoms with Crippen LogP contribution in [0.1, 0.15) is 46.0 Å². The first-order valence-corrected chi connectivity index (χ1v) is 7.57. The first-order valence-electron chi connectivity index (χ1n) is 7.57. The molecule has 1 heteroatoms. The summed E-state index contributed by atoms with van der Waals surface area (Å²) in [5.74, 6) is 6.13. The third kappa shape index (κ3) is 1.06. The molecule has 0 saturated heterocycles. The van der Waals surface area contributed by atoms with Gasteiger partial charge in [-0.05, 0) is 66.6 Å². The maximum atomic E-state index is 9.28. The second kappa shape index (κ2) is 3.08. The van der Waals surface area contributed by atoms with Crippen LogP contribution >= 0.6 is 0 Å². The van der Waals surface area contributed by atoms with E-state index < -0.39 is 0 Å². The van der Waals surface area contributed by atoms with Crippen molar-refractivity contribution in [2.45, 2.75) is 46.0 Å². The highest BCUT2D eigenvalue weighted by Gasteiger charge is 2.66. The summed E-state index contributed by atoms with van der Waals surface area (Å²) >= 11 is 0. The number of rotatable bonds is 1. The van der Waals surface area contributed by atoms with Crippen LogP contribution < -0.4 is 0 Å². The summed E-state index contributed by atoms with van der Waals surface area (Å²) < 4.78 is 0. The van der Waals surface area contributed by atoms with Crippen molar-refractivity contribution >= 4 is 0 Å². The predicted octanol–water partition coefficient (Wildman–Crippen LogP) is 3.85. The number of nitriles is 1. The van der Waals surface area contributed by atoms with E-state index in [1.165, 1.54) is 32.1 Å². The van der Waals surface area contributed by atoms with Gasteiger partial charge in [-0.3, -0.25) is 0 Å². The fourth-order valence-electron chi connectivity index (χ4n) is 6.63. The molecule has 0 spiro atoms. The van der Waals surface area contributed by atoms with Gasteiger partial charge in [0, 0.05) is 5.92 Å². The van der Waals surface area contributed by atoms with E-state index in [9.17, 15) is 5.26 Å². The molecule has 0 aromatic carbocycles. The van der Waals surface area contributed by atoms with Crippen molar-refractivity contribution in [3.8, 4) is 6.07 Å². The van der Waals surface area contributed by atoms with Crippen LogP contribution in [-0.2, 0) is 0 Å². The molecule has 0 heterocycles. The van der Waals surface area contributed by atoms with Crippen molar-refractivity contribution in [2.75, 3.05) is 0 Å². The van der Waals surface area contributed by atoms with Gasteiger partial charge in [-0.25, -0.2) is 0 Å². The average Bonchev–Trinajstić information content (AvgIpc) is 3.03. The van der Waals surface area contributed by atoms with Gasteiger partial charge in [0.15, 0.2) is 0 Å². The lowest BCUT2D eigenvalue weighted by atomic mass is 9.59. The van der Waals surface area contributed by atoms with Gasteiger partial charge < -0.3 is 0 Å². The molecule has 4 aliphatic carbocycles. The van der Waals surface area contributed by atoms with E-state index in [-0.39, 0.29) is 0 Å². The summed E-state index contributed by atoms with van der Waals surface area (Å²) in [7, 11) is 0. The minimum absolute atomic E-state index is 0.425. The number of hydrogen-bond donors (Lipinski definition) is 0. The number of hydrogen-bond acceptors (Lipinski definition) is 1. The minimum atomic E-state index is 0.425. The molecular weight excluding hydrogens is 206 g/mol. The van der Waals surface area contributed by atoms with Crippen LogP contribution in [0.3, 0.4) is 0 Å².